The number of hydrogen-bond acceptors (Lipinski definition) is 7. The summed E-state index contributed by atoms with van der Waals surface area (Å²) in [6.45, 7) is 2.09. The lowest BCUT2D eigenvalue weighted by atomic mass is 10.5. The quantitative estimate of drug-likeness (QED) is 0.760. The molecule has 1 heterocycles. The highest BCUT2D eigenvalue weighted by Gasteiger charge is 2.08. The van der Waals surface area contributed by atoms with E-state index < -0.39 is 0 Å². The smallest absolute Gasteiger partial charge is 0.229 e. The van der Waals surface area contributed by atoms with Crippen molar-refractivity contribution in [1.82, 2.24) is 15.0 Å². The molecule has 1 rings (SSSR count). The lowest BCUT2D eigenvalue weighted by Gasteiger charge is -2.12. The van der Waals surface area contributed by atoms with Gasteiger partial charge in [-0.2, -0.15) is 15.0 Å². The van der Waals surface area contributed by atoms with Crippen LogP contribution in [0.1, 0.15) is 12.7 Å². The fourth-order valence-electron chi connectivity index (χ4n) is 0.959. The highest BCUT2D eigenvalue weighted by atomic mass is 32.2. The van der Waals surface area contributed by atoms with Gasteiger partial charge >= 0.3 is 0 Å². The zero-order valence-electron chi connectivity index (χ0n) is 9.71. The average Bonchev–Trinajstić information content (AvgIpc) is 2.25. The molecule has 0 aliphatic carbocycles. The lowest BCUT2D eigenvalue weighted by molar-refractivity contribution is 0.300. The van der Waals surface area contributed by atoms with Crippen molar-refractivity contribution in [2.24, 2.45) is 0 Å². The van der Waals surface area contributed by atoms with Crippen LogP contribution in [-0.2, 0) is 5.75 Å². The SMILES string of the molecule is CC(CO)SCc1nc(N)nc(N(C)C)n1. The molecule has 0 fully saturated rings. The van der Waals surface area contributed by atoms with Crippen LogP contribution in [0.5, 0.6) is 0 Å². The Morgan fingerprint density at radius 2 is 2.06 bits per heavy atom. The minimum Gasteiger partial charge on any atom is -0.395 e. The van der Waals surface area contributed by atoms with Gasteiger partial charge in [0.25, 0.3) is 0 Å². The van der Waals surface area contributed by atoms with Crippen LogP contribution in [0.4, 0.5) is 11.9 Å². The molecule has 0 aliphatic heterocycles. The second kappa shape index (κ2) is 5.86. The Morgan fingerprint density at radius 3 is 2.62 bits per heavy atom. The molecule has 0 aliphatic rings. The monoisotopic (exact) mass is 243 g/mol. The van der Waals surface area contributed by atoms with Crippen molar-refractivity contribution < 1.29 is 5.11 Å². The Balaban J connectivity index is 2.72. The molecule has 1 unspecified atom stereocenters. The number of nitrogens with two attached hydrogens (primary N) is 1. The molecular weight excluding hydrogens is 226 g/mol. The van der Waals surface area contributed by atoms with E-state index in [9.17, 15) is 0 Å². The van der Waals surface area contributed by atoms with E-state index in [0.29, 0.717) is 17.5 Å². The topological polar surface area (TPSA) is 88.2 Å². The first-order valence-electron chi connectivity index (χ1n) is 4.93. The van der Waals surface area contributed by atoms with E-state index in [1.54, 1.807) is 16.7 Å². The van der Waals surface area contributed by atoms with E-state index in [2.05, 4.69) is 15.0 Å². The highest BCUT2D eigenvalue weighted by molar-refractivity contribution is 7.99. The number of aromatic nitrogens is 3. The molecular formula is C9H17N5OS. The number of thioether (sulfide) groups is 1. The summed E-state index contributed by atoms with van der Waals surface area (Å²) in [4.78, 5) is 14.1. The third-order valence-corrected chi connectivity index (χ3v) is 2.98. The van der Waals surface area contributed by atoms with E-state index in [4.69, 9.17) is 10.8 Å². The maximum Gasteiger partial charge on any atom is 0.229 e. The maximum absolute atomic E-state index is 8.90. The number of hydrogen-bond donors (Lipinski definition) is 2. The number of aliphatic hydroxyl groups is 1. The summed E-state index contributed by atoms with van der Waals surface area (Å²) in [5.41, 5.74) is 5.59. The Labute approximate surface area is 99.3 Å². The van der Waals surface area contributed by atoms with Crippen LogP contribution in [0.15, 0.2) is 0 Å². The largest absolute Gasteiger partial charge is 0.395 e. The third kappa shape index (κ3) is 3.82. The molecule has 3 N–H and O–H groups in total. The predicted octanol–water partition coefficient (Wildman–Crippen LogP) is 0.134. The zero-order valence-corrected chi connectivity index (χ0v) is 10.5. The van der Waals surface area contributed by atoms with Gasteiger partial charge in [0.1, 0.15) is 5.82 Å². The summed E-state index contributed by atoms with van der Waals surface area (Å²) >= 11 is 1.58. The molecule has 0 spiro atoms. The molecule has 0 amide bonds. The number of aliphatic hydroxyl groups excluding tert-OH is 1. The van der Waals surface area contributed by atoms with Crippen LogP contribution in [0, 0.1) is 0 Å². The van der Waals surface area contributed by atoms with Gasteiger partial charge in [-0.1, -0.05) is 6.92 Å². The number of rotatable bonds is 5. The van der Waals surface area contributed by atoms with Crippen molar-refractivity contribution in [3.8, 4) is 0 Å². The van der Waals surface area contributed by atoms with Gasteiger partial charge in [-0.3, -0.25) is 0 Å². The zero-order chi connectivity index (χ0) is 12.1. The summed E-state index contributed by atoms with van der Waals surface area (Å²) < 4.78 is 0. The van der Waals surface area contributed by atoms with Gasteiger partial charge in [-0.25, -0.2) is 0 Å². The lowest BCUT2D eigenvalue weighted by Crippen LogP contribution is -2.16. The molecule has 1 atom stereocenters. The van der Waals surface area contributed by atoms with Crippen LogP contribution >= 0.6 is 11.8 Å². The number of anilines is 2. The molecule has 0 aromatic carbocycles. The Kier molecular flexibility index (Phi) is 4.75. The van der Waals surface area contributed by atoms with Crippen LogP contribution in [-0.4, -0.2) is 46.0 Å². The van der Waals surface area contributed by atoms with Crippen LogP contribution in [0.3, 0.4) is 0 Å². The summed E-state index contributed by atoms with van der Waals surface area (Å²) in [6, 6.07) is 0. The van der Waals surface area contributed by atoms with Gasteiger partial charge in [-0.05, 0) is 0 Å². The van der Waals surface area contributed by atoms with Gasteiger partial charge in [0.2, 0.25) is 11.9 Å². The molecule has 16 heavy (non-hydrogen) atoms. The van der Waals surface area contributed by atoms with Crippen molar-refractivity contribution in [3.05, 3.63) is 5.82 Å². The van der Waals surface area contributed by atoms with Gasteiger partial charge in [-0.15, -0.1) is 11.8 Å². The fraction of sp³-hybridized carbons (Fsp3) is 0.667. The predicted molar refractivity (Wildman–Crippen MR) is 66.4 cm³/mol. The Hall–Kier alpha value is -1.08. The molecule has 0 radical (unpaired) electrons. The van der Waals surface area contributed by atoms with E-state index >= 15 is 0 Å². The summed E-state index contributed by atoms with van der Waals surface area (Å²) in [5, 5.41) is 9.07. The summed E-state index contributed by atoms with van der Waals surface area (Å²) in [5.74, 6) is 2.04. The average molecular weight is 243 g/mol. The Bertz CT molecular complexity index is 347. The summed E-state index contributed by atoms with van der Waals surface area (Å²) in [6.07, 6.45) is 0. The molecule has 7 heteroatoms. The number of nitrogen functional groups attached to an aromatic ring is 1. The van der Waals surface area contributed by atoms with Crippen molar-refractivity contribution in [2.75, 3.05) is 31.3 Å². The first kappa shape index (κ1) is 13.0. The molecule has 1 aromatic rings. The number of nitrogens with zero attached hydrogens (tertiary/aromatic N) is 4. The van der Waals surface area contributed by atoms with Gasteiger partial charge < -0.3 is 15.7 Å². The van der Waals surface area contributed by atoms with Gasteiger partial charge in [0.15, 0.2) is 0 Å². The van der Waals surface area contributed by atoms with Crippen molar-refractivity contribution in [2.45, 2.75) is 17.9 Å². The minimum absolute atomic E-state index is 0.145. The minimum atomic E-state index is 0.145. The molecule has 6 nitrogen and oxygen atoms in total. The van der Waals surface area contributed by atoms with Gasteiger partial charge in [0.05, 0.1) is 12.4 Å². The van der Waals surface area contributed by atoms with E-state index in [1.165, 1.54) is 0 Å². The van der Waals surface area contributed by atoms with E-state index in [-0.39, 0.29) is 17.8 Å². The van der Waals surface area contributed by atoms with Crippen molar-refractivity contribution in [1.29, 1.82) is 0 Å². The van der Waals surface area contributed by atoms with E-state index in [0.717, 1.165) is 0 Å². The van der Waals surface area contributed by atoms with Crippen LogP contribution in [0.2, 0.25) is 0 Å². The fourth-order valence-corrected chi connectivity index (χ4v) is 1.63. The van der Waals surface area contributed by atoms with Gasteiger partial charge in [0, 0.05) is 19.3 Å². The summed E-state index contributed by atoms with van der Waals surface area (Å²) in [7, 11) is 3.70. The standard InChI is InChI=1S/C9H17N5OS/c1-6(4-15)16-5-7-11-8(10)13-9(12-7)14(2)3/h6,15H,4-5H2,1-3H3,(H2,10,11,12,13). The maximum atomic E-state index is 8.90. The van der Waals surface area contributed by atoms with E-state index in [1.807, 2.05) is 21.0 Å². The molecule has 0 saturated carbocycles. The second-order valence-corrected chi connectivity index (χ2v) is 5.04. The molecule has 0 bridgehead atoms. The van der Waals surface area contributed by atoms with Crippen molar-refractivity contribution in [3.63, 3.8) is 0 Å². The first-order chi connectivity index (χ1) is 7.52. The third-order valence-electron chi connectivity index (χ3n) is 1.84. The molecule has 0 saturated heterocycles. The highest BCUT2D eigenvalue weighted by Crippen LogP contribution is 2.16. The van der Waals surface area contributed by atoms with Crippen LogP contribution in [0.25, 0.3) is 0 Å². The second-order valence-electron chi connectivity index (χ2n) is 3.61. The molecule has 1 aromatic heterocycles. The Morgan fingerprint density at radius 1 is 1.38 bits per heavy atom. The normalized spacial score (nSPS) is 12.5. The molecule has 90 valence electrons. The van der Waals surface area contributed by atoms with Crippen molar-refractivity contribution >= 4 is 23.7 Å². The first-order valence-corrected chi connectivity index (χ1v) is 5.98. The van der Waals surface area contributed by atoms with Crippen LogP contribution < -0.4 is 10.6 Å².